The van der Waals surface area contributed by atoms with Crippen molar-refractivity contribution >= 4 is 6.21 Å². The predicted octanol–water partition coefficient (Wildman–Crippen LogP) is 3.60. The van der Waals surface area contributed by atoms with Gasteiger partial charge in [0.1, 0.15) is 6.21 Å². The summed E-state index contributed by atoms with van der Waals surface area (Å²) < 4.78 is 0. The lowest BCUT2D eigenvalue weighted by atomic mass is 9.84. The minimum atomic E-state index is 0.190. The Morgan fingerprint density at radius 3 is 2.89 bits per heavy atom. The van der Waals surface area contributed by atoms with E-state index < -0.39 is 0 Å². The third kappa shape index (κ3) is 3.63. The second kappa shape index (κ2) is 6.86. The van der Waals surface area contributed by atoms with Gasteiger partial charge in [-0.15, -0.1) is 6.42 Å². The molecule has 0 spiro atoms. The maximum atomic E-state index is 5.07. The lowest BCUT2D eigenvalue weighted by Gasteiger charge is -2.22. The van der Waals surface area contributed by atoms with Gasteiger partial charge >= 0.3 is 0 Å². The fourth-order valence-electron chi connectivity index (χ4n) is 2.45. The zero-order chi connectivity index (χ0) is 12.6. The van der Waals surface area contributed by atoms with Crippen molar-refractivity contribution in [2.45, 2.75) is 38.0 Å². The van der Waals surface area contributed by atoms with Gasteiger partial charge in [0.25, 0.3) is 0 Å². The second-order valence-electron chi connectivity index (χ2n) is 4.64. The van der Waals surface area contributed by atoms with Crippen LogP contribution >= 0.6 is 0 Å². The number of benzene rings is 1. The molecule has 0 N–H and O–H groups in total. The highest BCUT2D eigenvalue weighted by molar-refractivity contribution is 5.79. The molecule has 1 fully saturated rings. The van der Waals surface area contributed by atoms with Gasteiger partial charge in [0.05, 0.1) is 0 Å². The summed E-state index contributed by atoms with van der Waals surface area (Å²) in [5.41, 5.74) is 2.35. The highest BCUT2D eigenvalue weighted by Gasteiger charge is 2.15. The molecule has 2 heteroatoms. The first kappa shape index (κ1) is 12.7. The van der Waals surface area contributed by atoms with E-state index in [0.717, 1.165) is 5.56 Å². The minimum absolute atomic E-state index is 0.190. The van der Waals surface area contributed by atoms with E-state index in [9.17, 15) is 0 Å². The standard InChI is InChI=1S/C16H18NO/c1-2-11-18-17-13-14-7-6-10-16(12-14)15-8-4-3-5-9-15/h1,6-7,10,12,15H,3-5,8-9,11H2. The second-order valence-corrected chi connectivity index (χ2v) is 4.64. The lowest BCUT2D eigenvalue weighted by Crippen LogP contribution is -2.04. The molecule has 1 aliphatic carbocycles. The summed E-state index contributed by atoms with van der Waals surface area (Å²) in [6.45, 7) is 0.190. The van der Waals surface area contributed by atoms with Crippen molar-refractivity contribution in [2.24, 2.45) is 5.16 Å². The van der Waals surface area contributed by atoms with Gasteiger partial charge in [-0.05, 0) is 30.4 Å². The van der Waals surface area contributed by atoms with Crippen molar-refractivity contribution < 1.29 is 4.84 Å². The van der Waals surface area contributed by atoms with E-state index in [1.165, 1.54) is 37.7 Å². The van der Waals surface area contributed by atoms with Crippen molar-refractivity contribution in [2.75, 3.05) is 6.61 Å². The predicted molar refractivity (Wildman–Crippen MR) is 73.6 cm³/mol. The van der Waals surface area contributed by atoms with Crippen molar-refractivity contribution in [1.82, 2.24) is 0 Å². The van der Waals surface area contributed by atoms with Gasteiger partial charge in [0, 0.05) is 5.56 Å². The molecule has 0 aliphatic heterocycles. The molecule has 0 heterocycles. The Morgan fingerprint density at radius 2 is 2.11 bits per heavy atom. The van der Waals surface area contributed by atoms with E-state index in [0.29, 0.717) is 5.92 Å². The summed E-state index contributed by atoms with van der Waals surface area (Å²) in [6.07, 6.45) is 14.6. The molecule has 18 heavy (non-hydrogen) atoms. The molecule has 1 aromatic carbocycles. The van der Waals surface area contributed by atoms with Crippen LogP contribution in [0.25, 0.3) is 0 Å². The Bertz CT molecular complexity index is 439. The van der Waals surface area contributed by atoms with Gasteiger partial charge in [-0.2, -0.15) is 0 Å². The molecular formula is C16H18NO. The molecule has 0 atom stereocenters. The topological polar surface area (TPSA) is 21.6 Å². The lowest BCUT2D eigenvalue weighted by molar-refractivity contribution is 0.181. The number of terminal acetylenes is 1. The largest absolute Gasteiger partial charge is 0.382 e. The van der Waals surface area contributed by atoms with Gasteiger partial charge in [-0.1, -0.05) is 48.5 Å². The number of hydrogen-bond acceptors (Lipinski definition) is 2. The third-order valence-electron chi connectivity index (χ3n) is 3.35. The summed E-state index contributed by atoms with van der Waals surface area (Å²) in [5.74, 6) is 3.06. The fourth-order valence-corrected chi connectivity index (χ4v) is 2.45. The van der Waals surface area contributed by atoms with Crippen LogP contribution in [-0.2, 0) is 4.84 Å². The van der Waals surface area contributed by atoms with Crippen LogP contribution in [-0.4, -0.2) is 12.8 Å². The van der Waals surface area contributed by atoms with Crippen LogP contribution in [0.5, 0.6) is 0 Å². The quantitative estimate of drug-likeness (QED) is 0.341. The minimum Gasteiger partial charge on any atom is -0.382 e. The molecule has 0 bridgehead atoms. The van der Waals surface area contributed by atoms with Crippen molar-refractivity contribution in [3.8, 4) is 12.3 Å². The first-order valence-corrected chi connectivity index (χ1v) is 6.51. The first-order chi connectivity index (χ1) is 8.90. The van der Waals surface area contributed by atoms with Crippen LogP contribution < -0.4 is 0 Å². The monoisotopic (exact) mass is 240 g/mol. The highest BCUT2D eigenvalue weighted by Crippen LogP contribution is 2.32. The fraction of sp³-hybridized carbons (Fsp3) is 0.438. The van der Waals surface area contributed by atoms with Crippen molar-refractivity contribution in [1.29, 1.82) is 0 Å². The Labute approximate surface area is 109 Å². The molecule has 93 valence electrons. The van der Waals surface area contributed by atoms with Gasteiger partial charge in [0.2, 0.25) is 0 Å². The summed E-state index contributed by atoms with van der Waals surface area (Å²) in [6, 6.07) is 8.39. The third-order valence-corrected chi connectivity index (χ3v) is 3.35. The Hall–Kier alpha value is -1.75. The number of rotatable bonds is 4. The number of nitrogens with zero attached hydrogens (tertiary/aromatic N) is 1. The summed E-state index contributed by atoms with van der Waals surface area (Å²) in [5, 5.41) is 3.73. The molecule has 1 radical (unpaired) electrons. The van der Waals surface area contributed by atoms with Crippen LogP contribution in [0.4, 0.5) is 0 Å². The Kier molecular flexibility index (Phi) is 4.84. The maximum Gasteiger partial charge on any atom is 0.177 e. The molecule has 1 aromatic rings. The van der Waals surface area contributed by atoms with Gasteiger partial charge in [-0.25, -0.2) is 0 Å². The highest BCUT2D eigenvalue weighted by atomic mass is 16.6. The summed E-state index contributed by atoms with van der Waals surface area (Å²) in [4.78, 5) is 4.85. The van der Waals surface area contributed by atoms with E-state index in [2.05, 4.69) is 35.5 Å². The Morgan fingerprint density at radius 1 is 1.28 bits per heavy atom. The average molecular weight is 240 g/mol. The van der Waals surface area contributed by atoms with Crippen LogP contribution in [0.3, 0.4) is 0 Å². The zero-order valence-corrected chi connectivity index (χ0v) is 10.6. The summed E-state index contributed by atoms with van der Waals surface area (Å²) >= 11 is 0. The van der Waals surface area contributed by atoms with Crippen LogP contribution in [0.2, 0.25) is 0 Å². The number of hydrogen-bond donors (Lipinski definition) is 0. The van der Waals surface area contributed by atoms with E-state index >= 15 is 0 Å². The molecule has 0 amide bonds. The van der Waals surface area contributed by atoms with E-state index in [1.54, 1.807) is 0 Å². The molecule has 1 saturated carbocycles. The van der Waals surface area contributed by atoms with Crippen molar-refractivity contribution in [3.05, 3.63) is 35.4 Å². The SMILES string of the molecule is C#CCON=[C]c1cccc(C2CCCCC2)c1. The molecule has 1 aliphatic rings. The molecule has 0 aromatic heterocycles. The Balaban J connectivity index is 2.00. The van der Waals surface area contributed by atoms with Gasteiger partial charge in [-0.3, -0.25) is 0 Å². The van der Waals surface area contributed by atoms with Crippen LogP contribution in [0.1, 0.15) is 49.1 Å². The summed E-state index contributed by atoms with van der Waals surface area (Å²) in [7, 11) is 0. The molecule has 2 nitrogen and oxygen atoms in total. The normalized spacial score (nSPS) is 16.6. The van der Waals surface area contributed by atoms with Gasteiger partial charge in [0.15, 0.2) is 6.61 Å². The van der Waals surface area contributed by atoms with Crippen LogP contribution in [0, 0.1) is 12.3 Å². The molecule has 0 saturated heterocycles. The van der Waals surface area contributed by atoms with Gasteiger partial charge < -0.3 is 4.84 Å². The molecule has 0 unspecified atom stereocenters. The average Bonchev–Trinajstić information content (AvgIpc) is 2.45. The van der Waals surface area contributed by atoms with E-state index in [-0.39, 0.29) is 6.61 Å². The molecule has 2 rings (SSSR count). The molecular weight excluding hydrogens is 222 g/mol. The van der Waals surface area contributed by atoms with Crippen LogP contribution in [0.15, 0.2) is 29.4 Å². The van der Waals surface area contributed by atoms with E-state index in [1.807, 2.05) is 6.07 Å². The maximum absolute atomic E-state index is 5.07. The van der Waals surface area contributed by atoms with E-state index in [4.69, 9.17) is 11.3 Å². The van der Waals surface area contributed by atoms with Crippen molar-refractivity contribution in [3.63, 3.8) is 0 Å². The zero-order valence-electron chi connectivity index (χ0n) is 10.6. The smallest absolute Gasteiger partial charge is 0.177 e. The first-order valence-electron chi connectivity index (χ1n) is 6.51.